The summed E-state index contributed by atoms with van der Waals surface area (Å²) in [6.45, 7) is 4.47. The Balaban J connectivity index is 2.40. The Kier molecular flexibility index (Phi) is 5.11. The van der Waals surface area contributed by atoms with Crippen LogP contribution in [0.25, 0.3) is 5.57 Å². The monoisotopic (exact) mass is 341 g/mol. The highest BCUT2D eigenvalue weighted by atomic mass is 35.5. The van der Waals surface area contributed by atoms with E-state index in [0.717, 1.165) is 0 Å². The first-order chi connectivity index (χ1) is 10.3. The van der Waals surface area contributed by atoms with E-state index in [1.165, 1.54) is 6.08 Å². The molecule has 22 heavy (non-hydrogen) atoms. The fourth-order valence-electron chi connectivity index (χ4n) is 2.10. The molecule has 1 unspecified atom stereocenters. The van der Waals surface area contributed by atoms with Crippen LogP contribution in [0.3, 0.4) is 0 Å². The van der Waals surface area contributed by atoms with Gasteiger partial charge in [-0.15, -0.1) is 0 Å². The molecule has 0 saturated heterocycles. The van der Waals surface area contributed by atoms with Crippen LogP contribution in [-0.2, 0) is 0 Å². The summed E-state index contributed by atoms with van der Waals surface area (Å²) in [7, 11) is 0. The van der Waals surface area contributed by atoms with Crippen molar-refractivity contribution in [2.45, 2.75) is 19.6 Å². The molecule has 0 fully saturated rings. The third kappa shape index (κ3) is 3.61. The summed E-state index contributed by atoms with van der Waals surface area (Å²) < 4.78 is 0. The number of benzene rings is 1. The van der Waals surface area contributed by atoms with E-state index < -0.39 is 5.79 Å². The molecule has 0 aromatic heterocycles. The number of nitro groups is 1. The van der Waals surface area contributed by atoms with Crippen LogP contribution in [0.4, 0.5) is 0 Å². The van der Waals surface area contributed by atoms with E-state index in [2.05, 4.69) is 10.6 Å². The third-order valence-electron chi connectivity index (χ3n) is 3.24. The molecule has 118 valence electrons. The van der Waals surface area contributed by atoms with E-state index in [4.69, 9.17) is 23.2 Å². The zero-order valence-corrected chi connectivity index (χ0v) is 13.8. The number of rotatable bonds is 5. The van der Waals surface area contributed by atoms with Gasteiger partial charge in [-0.05, 0) is 29.7 Å². The first kappa shape index (κ1) is 16.8. The molecule has 0 spiro atoms. The molecule has 1 aliphatic rings. The van der Waals surface area contributed by atoms with Crippen molar-refractivity contribution in [3.63, 3.8) is 0 Å². The number of dihydropyridines is 1. The van der Waals surface area contributed by atoms with Crippen LogP contribution >= 0.6 is 23.2 Å². The Morgan fingerprint density at radius 2 is 2.14 bits per heavy atom. The van der Waals surface area contributed by atoms with Gasteiger partial charge in [0.15, 0.2) is 0 Å². The average Bonchev–Trinajstić information content (AvgIpc) is 2.45. The lowest BCUT2D eigenvalue weighted by Gasteiger charge is -2.27. The average molecular weight is 342 g/mol. The Bertz CT molecular complexity index is 644. The quantitative estimate of drug-likeness (QED) is 0.487. The SMILES string of the molecule is CC(C)CNC1([N+](=O)[O-])C=C(c2ccc(Cl)cc2Cl)C=CN1. The van der Waals surface area contributed by atoms with E-state index in [1.807, 2.05) is 13.8 Å². The standard InChI is InChI=1S/C15H17Cl2N3O2/c1-10(2)9-19-15(20(21)22)8-11(5-6-18-15)13-4-3-12(16)7-14(13)17/h3-8,10,18-19H,9H2,1-2H3. The van der Waals surface area contributed by atoms with Crippen LogP contribution in [0.5, 0.6) is 0 Å². The smallest absolute Gasteiger partial charge is 0.311 e. The van der Waals surface area contributed by atoms with Crippen molar-refractivity contribution in [2.24, 2.45) is 5.92 Å². The molecule has 1 atom stereocenters. The highest BCUT2D eigenvalue weighted by molar-refractivity contribution is 6.35. The van der Waals surface area contributed by atoms with Gasteiger partial charge in [-0.25, -0.2) is 5.32 Å². The zero-order chi connectivity index (χ0) is 16.3. The largest absolute Gasteiger partial charge is 0.373 e. The Morgan fingerprint density at radius 3 is 2.73 bits per heavy atom. The second-order valence-corrected chi connectivity index (χ2v) is 6.34. The van der Waals surface area contributed by atoms with Crippen molar-refractivity contribution in [1.82, 2.24) is 10.6 Å². The summed E-state index contributed by atoms with van der Waals surface area (Å²) in [6.07, 6.45) is 4.83. The van der Waals surface area contributed by atoms with Gasteiger partial charge in [-0.2, -0.15) is 0 Å². The lowest BCUT2D eigenvalue weighted by molar-refractivity contribution is -0.569. The minimum Gasteiger partial charge on any atom is -0.311 e. The first-order valence-corrected chi connectivity index (χ1v) is 7.62. The molecule has 2 rings (SSSR count). The molecule has 1 aliphatic heterocycles. The van der Waals surface area contributed by atoms with Crippen LogP contribution < -0.4 is 10.6 Å². The van der Waals surface area contributed by atoms with Gasteiger partial charge >= 0.3 is 5.79 Å². The highest BCUT2D eigenvalue weighted by Crippen LogP contribution is 2.30. The van der Waals surface area contributed by atoms with Gasteiger partial charge in [0.1, 0.15) is 0 Å². The summed E-state index contributed by atoms with van der Waals surface area (Å²) in [5.74, 6) is -1.27. The minimum absolute atomic E-state index is 0.278. The Hall–Kier alpha value is -1.56. The Labute approximate surface area is 139 Å². The Morgan fingerprint density at radius 1 is 1.41 bits per heavy atom. The molecule has 0 radical (unpaired) electrons. The first-order valence-electron chi connectivity index (χ1n) is 6.86. The molecule has 1 aromatic rings. The minimum atomic E-state index is -1.54. The van der Waals surface area contributed by atoms with Gasteiger partial charge in [0.25, 0.3) is 0 Å². The molecule has 0 amide bonds. The maximum atomic E-state index is 11.6. The van der Waals surface area contributed by atoms with Crippen molar-refractivity contribution >= 4 is 28.8 Å². The number of hydrogen-bond donors (Lipinski definition) is 2. The van der Waals surface area contributed by atoms with Gasteiger partial charge in [0.2, 0.25) is 0 Å². The lowest BCUT2D eigenvalue weighted by atomic mass is 10.0. The number of nitrogens with zero attached hydrogens (tertiary/aromatic N) is 1. The molecular formula is C15H17Cl2N3O2. The van der Waals surface area contributed by atoms with E-state index in [1.54, 1.807) is 30.5 Å². The van der Waals surface area contributed by atoms with Crippen molar-refractivity contribution in [3.05, 3.63) is 62.3 Å². The summed E-state index contributed by atoms with van der Waals surface area (Å²) in [5, 5.41) is 18.3. The maximum absolute atomic E-state index is 11.6. The fourth-order valence-corrected chi connectivity index (χ4v) is 2.61. The predicted molar refractivity (Wildman–Crippen MR) is 89.3 cm³/mol. The van der Waals surface area contributed by atoms with Gasteiger partial charge in [0, 0.05) is 34.4 Å². The molecule has 2 N–H and O–H groups in total. The van der Waals surface area contributed by atoms with Crippen LogP contribution in [-0.4, -0.2) is 17.3 Å². The van der Waals surface area contributed by atoms with Crippen molar-refractivity contribution < 1.29 is 4.92 Å². The molecule has 0 bridgehead atoms. The summed E-state index contributed by atoms with van der Waals surface area (Å²) >= 11 is 12.1. The lowest BCUT2D eigenvalue weighted by Crippen LogP contribution is -2.61. The summed E-state index contributed by atoms with van der Waals surface area (Å²) in [6, 6.07) is 5.07. The number of halogens is 2. The molecule has 1 heterocycles. The fraction of sp³-hybridized carbons (Fsp3) is 0.333. The summed E-state index contributed by atoms with van der Waals surface area (Å²) in [5.41, 5.74) is 1.36. The summed E-state index contributed by atoms with van der Waals surface area (Å²) in [4.78, 5) is 11.2. The van der Waals surface area contributed by atoms with E-state index in [-0.39, 0.29) is 10.8 Å². The van der Waals surface area contributed by atoms with Crippen molar-refractivity contribution in [3.8, 4) is 0 Å². The number of allylic oxidation sites excluding steroid dienone is 2. The second kappa shape index (κ2) is 6.69. The van der Waals surface area contributed by atoms with Gasteiger partial charge < -0.3 is 5.32 Å². The van der Waals surface area contributed by atoms with Crippen LogP contribution in [0.1, 0.15) is 19.4 Å². The molecule has 0 aliphatic carbocycles. The molecule has 5 nitrogen and oxygen atoms in total. The third-order valence-corrected chi connectivity index (χ3v) is 3.79. The molecule has 0 saturated carbocycles. The molecule has 1 aromatic carbocycles. The van der Waals surface area contributed by atoms with Gasteiger partial charge in [-0.3, -0.25) is 10.1 Å². The van der Waals surface area contributed by atoms with Crippen LogP contribution in [0.15, 0.2) is 36.6 Å². The van der Waals surface area contributed by atoms with Crippen molar-refractivity contribution in [2.75, 3.05) is 6.54 Å². The van der Waals surface area contributed by atoms with Crippen LogP contribution in [0, 0.1) is 16.0 Å². The second-order valence-electron chi connectivity index (χ2n) is 5.50. The number of nitrogens with one attached hydrogen (secondary N) is 2. The zero-order valence-electron chi connectivity index (χ0n) is 12.3. The van der Waals surface area contributed by atoms with E-state index in [9.17, 15) is 10.1 Å². The predicted octanol–water partition coefficient (Wildman–Crippen LogP) is 3.67. The van der Waals surface area contributed by atoms with E-state index >= 15 is 0 Å². The van der Waals surface area contributed by atoms with Crippen molar-refractivity contribution in [1.29, 1.82) is 0 Å². The van der Waals surface area contributed by atoms with Gasteiger partial charge in [0.05, 0.1) is 4.92 Å². The molecule has 7 heteroatoms. The van der Waals surface area contributed by atoms with Crippen LogP contribution in [0.2, 0.25) is 10.0 Å². The highest BCUT2D eigenvalue weighted by Gasteiger charge is 2.41. The number of hydrogen-bond acceptors (Lipinski definition) is 4. The molecular weight excluding hydrogens is 325 g/mol. The normalized spacial score (nSPS) is 20.7. The van der Waals surface area contributed by atoms with E-state index in [0.29, 0.717) is 27.7 Å². The topological polar surface area (TPSA) is 67.2 Å². The maximum Gasteiger partial charge on any atom is 0.373 e. The van der Waals surface area contributed by atoms with Gasteiger partial charge in [-0.1, -0.05) is 43.1 Å².